The lowest BCUT2D eigenvalue weighted by Crippen LogP contribution is -2.47. The number of carbonyl (C=O) groups is 1. The zero-order chi connectivity index (χ0) is 22.3. The van der Waals surface area contributed by atoms with Crippen LogP contribution in [0.1, 0.15) is 32.3 Å². The van der Waals surface area contributed by atoms with Gasteiger partial charge in [0.2, 0.25) is 0 Å². The first-order valence-corrected chi connectivity index (χ1v) is 9.96. The maximum atomic E-state index is 13.2. The number of methoxy groups -OCH3 is 1. The van der Waals surface area contributed by atoms with E-state index < -0.39 is 23.3 Å². The fourth-order valence-corrected chi connectivity index (χ4v) is 3.05. The molecule has 3 N–H and O–H groups in total. The lowest BCUT2D eigenvalue weighted by molar-refractivity contribution is -0.124. The van der Waals surface area contributed by atoms with E-state index in [1.54, 1.807) is 13.0 Å². The number of aromatic nitrogens is 2. The minimum atomic E-state index is -0.890. The summed E-state index contributed by atoms with van der Waals surface area (Å²) >= 11 is 0. The highest BCUT2D eigenvalue weighted by atomic mass is 16.5. The lowest BCUT2D eigenvalue weighted by Gasteiger charge is -2.27. The van der Waals surface area contributed by atoms with Gasteiger partial charge < -0.3 is 15.2 Å². The SMILES string of the molecule is CCCCn1c(N)c(N(CCOC)C(=O)C(C)Oc2cccc(C)c2)c(=O)[nH]c1=O. The Bertz CT molecular complexity index is 982. The molecule has 0 aliphatic heterocycles. The summed E-state index contributed by atoms with van der Waals surface area (Å²) in [7, 11) is 1.49. The van der Waals surface area contributed by atoms with Crippen LogP contribution in [0.25, 0.3) is 0 Å². The molecule has 0 bridgehead atoms. The average Bonchev–Trinajstić information content (AvgIpc) is 2.69. The first-order chi connectivity index (χ1) is 14.3. The highest BCUT2D eigenvalue weighted by molar-refractivity contribution is 5.98. The first kappa shape index (κ1) is 23.2. The van der Waals surface area contributed by atoms with Gasteiger partial charge in [0.25, 0.3) is 11.5 Å². The van der Waals surface area contributed by atoms with Crippen LogP contribution in [0.3, 0.4) is 0 Å². The fraction of sp³-hybridized carbons (Fsp3) is 0.476. The summed E-state index contributed by atoms with van der Waals surface area (Å²) in [6, 6.07) is 7.32. The number of carbonyl (C=O) groups excluding carboxylic acids is 1. The van der Waals surface area contributed by atoms with Crippen molar-refractivity contribution >= 4 is 17.4 Å². The molecule has 9 heteroatoms. The zero-order valence-electron chi connectivity index (χ0n) is 17.9. The van der Waals surface area contributed by atoms with E-state index >= 15 is 0 Å². The van der Waals surface area contributed by atoms with Crippen LogP contribution in [-0.2, 0) is 16.1 Å². The van der Waals surface area contributed by atoms with Gasteiger partial charge in [-0.3, -0.25) is 24.0 Å². The summed E-state index contributed by atoms with van der Waals surface area (Å²) in [5.41, 5.74) is 5.77. The predicted octanol–water partition coefficient (Wildman–Crippen LogP) is 1.67. The normalized spacial score (nSPS) is 11.9. The predicted molar refractivity (Wildman–Crippen MR) is 116 cm³/mol. The molecule has 2 rings (SSSR count). The van der Waals surface area contributed by atoms with Gasteiger partial charge >= 0.3 is 5.69 Å². The number of aromatic amines is 1. The van der Waals surface area contributed by atoms with Crippen molar-refractivity contribution in [2.24, 2.45) is 0 Å². The van der Waals surface area contributed by atoms with Gasteiger partial charge in [-0.25, -0.2) is 4.79 Å². The molecule has 0 fully saturated rings. The molecule has 0 saturated carbocycles. The molecule has 9 nitrogen and oxygen atoms in total. The fourth-order valence-electron chi connectivity index (χ4n) is 3.05. The van der Waals surface area contributed by atoms with Gasteiger partial charge in [-0.2, -0.15) is 0 Å². The minimum absolute atomic E-state index is 0.0515. The molecular formula is C21H30N4O5. The lowest BCUT2D eigenvalue weighted by atomic mass is 10.2. The van der Waals surface area contributed by atoms with Crippen LogP contribution in [0.2, 0.25) is 0 Å². The van der Waals surface area contributed by atoms with E-state index in [1.165, 1.54) is 16.6 Å². The van der Waals surface area contributed by atoms with Gasteiger partial charge in [-0.15, -0.1) is 0 Å². The number of nitrogen functional groups attached to an aromatic ring is 1. The van der Waals surface area contributed by atoms with E-state index in [9.17, 15) is 14.4 Å². The zero-order valence-corrected chi connectivity index (χ0v) is 17.9. The van der Waals surface area contributed by atoms with E-state index in [4.69, 9.17) is 15.2 Å². The molecule has 1 atom stereocenters. The first-order valence-electron chi connectivity index (χ1n) is 9.96. The number of hydrogen-bond acceptors (Lipinski definition) is 6. The molecule has 1 aromatic heterocycles. The highest BCUT2D eigenvalue weighted by Crippen LogP contribution is 2.20. The van der Waals surface area contributed by atoms with Crippen molar-refractivity contribution < 1.29 is 14.3 Å². The van der Waals surface area contributed by atoms with Crippen LogP contribution in [0.15, 0.2) is 33.9 Å². The second kappa shape index (κ2) is 10.6. The number of benzene rings is 1. The van der Waals surface area contributed by atoms with E-state index in [1.807, 2.05) is 32.0 Å². The second-order valence-electron chi connectivity index (χ2n) is 7.06. The van der Waals surface area contributed by atoms with Crippen LogP contribution in [-0.4, -0.2) is 41.8 Å². The Labute approximate surface area is 175 Å². The number of ether oxygens (including phenoxy) is 2. The van der Waals surface area contributed by atoms with Crippen molar-refractivity contribution in [3.8, 4) is 5.75 Å². The maximum absolute atomic E-state index is 13.2. The van der Waals surface area contributed by atoms with Crippen molar-refractivity contribution in [3.63, 3.8) is 0 Å². The summed E-state index contributed by atoms with van der Waals surface area (Å²) in [6.45, 7) is 6.09. The molecule has 1 heterocycles. The molecule has 0 saturated heterocycles. The summed E-state index contributed by atoms with van der Waals surface area (Å²) < 4.78 is 12.2. The number of amides is 1. The third kappa shape index (κ3) is 5.50. The number of hydrogen-bond donors (Lipinski definition) is 2. The van der Waals surface area contributed by atoms with Gasteiger partial charge in [0.05, 0.1) is 6.61 Å². The summed E-state index contributed by atoms with van der Waals surface area (Å²) in [5.74, 6) is 0.0215. The number of nitrogens with two attached hydrogens (primary N) is 1. The standard InChI is InChI=1S/C21H30N4O5/c1-5-6-10-25-18(22)17(19(26)23-21(25)28)24(11-12-29-4)20(27)15(3)30-16-9-7-8-14(2)13-16/h7-9,13,15H,5-6,10-12,22H2,1-4H3,(H,23,26,28). The third-order valence-electron chi connectivity index (χ3n) is 4.65. The third-order valence-corrected chi connectivity index (χ3v) is 4.65. The highest BCUT2D eigenvalue weighted by Gasteiger charge is 2.28. The number of rotatable bonds is 10. The molecule has 164 valence electrons. The Morgan fingerprint density at radius 2 is 2.07 bits per heavy atom. The molecule has 0 radical (unpaired) electrons. The van der Waals surface area contributed by atoms with Crippen LogP contribution < -0.4 is 26.6 Å². The number of anilines is 2. The van der Waals surface area contributed by atoms with Crippen LogP contribution in [0, 0.1) is 6.92 Å². The van der Waals surface area contributed by atoms with Gasteiger partial charge in [0, 0.05) is 20.2 Å². The number of unbranched alkanes of at least 4 members (excludes halogenated alkanes) is 1. The molecule has 2 aromatic rings. The Hall–Kier alpha value is -3.07. The topological polar surface area (TPSA) is 120 Å². The van der Waals surface area contributed by atoms with Crippen molar-refractivity contribution in [2.75, 3.05) is 30.9 Å². The molecule has 1 aromatic carbocycles. The van der Waals surface area contributed by atoms with Crippen LogP contribution >= 0.6 is 0 Å². The Kier molecular flexibility index (Phi) is 8.23. The number of aryl methyl sites for hydroxylation is 1. The second-order valence-corrected chi connectivity index (χ2v) is 7.06. The summed E-state index contributed by atoms with van der Waals surface area (Å²) in [5, 5.41) is 0. The van der Waals surface area contributed by atoms with Gasteiger partial charge in [0.15, 0.2) is 11.8 Å². The Morgan fingerprint density at radius 1 is 1.33 bits per heavy atom. The van der Waals surface area contributed by atoms with Crippen molar-refractivity contribution in [1.82, 2.24) is 9.55 Å². The minimum Gasteiger partial charge on any atom is -0.481 e. The summed E-state index contributed by atoms with van der Waals surface area (Å²) in [6.07, 6.45) is 0.654. The molecule has 0 aliphatic carbocycles. The monoisotopic (exact) mass is 418 g/mol. The van der Waals surface area contributed by atoms with Gasteiger partial charge in [0.1, 0.15) is 11.6 Å². The number of nitrogens with zero attached hydrogens (tertiary/aromatic N) is 2. The molecule has 30 heavy (non-hydrogen) atoms. The van der Waals surface area contributed by atoms with E-state index in [2.05, 4.69) is 4.98 Å². The van der Waals surface area contributed by atoms with Gasteiger partial charge in [-0.1, -0.05) is 25.5 Å². The van der Waals surface area contributed by atoms with Crippen molar-refractivity contribution in [1.29, 1.82) is 0 Å². The number of H-pyrrole nitrogens is 1. The Balaban J connectivity index is 2.42. The van der Waals surface area contributed by atoms with Crippen molar-refractivity contribution in [2.45, 2.75) is 46.3 Å². The smallest absolute Gasteiger partial charge is 0.330 e. The molecule has 0 aliphatic rings. The van der Waals surface area contributed by atoms with Crippen LogP contribution in [0.4, 0.5) is 11.5 Å². The van der Waals surface area contributed by atoms with E-state index in [0.29, 0.717) is 18.7 Å². The van der Waals surface area contributed by atoms with E-state index in [0.717, 1.165) is 12.0 Å². The molecule has 1 amide bonds. The Morgan fingerprint density at radius 3 is 2.70 bits per heavy atom. The maximum Gasteiger partial charge on any atom is 0.330 e. The summed E-state index contributed by atoms with van der Waals surface area (Å²) in [4.78, 5) is 41.5. The average molecular weight is 418 g/mol. The largest absolute Gasteiger partial charge is 0.481 e. The van der Waals surface area contributed by atoms with Gasteiger partial charge in [-0.05, 0) is 38.0 Å². The van der Waals surface area contributed by atoms with E-state index in [-0.39, 0.29) is 24.7 Å². The van der Waals surface area contributed by atoms with Crippen LogP contribution in [0.5, 0.6) is 5.75 Å². The molecular weight excluding hydrogens is 388 g/mol. The molecule has 0 spiro atoms. The number of nitrogens with one attached hydrogen (secondary N) is 1. The quantitative estimate of drug-likeness (QED) is 0.606. The molecule has 1 unspecified atom stereocenters. The van der Waals surface area contributed by atoms with Crippen molar-refractivity contribution in [3.05, 3.63) is 50.7 Å².